The fourth-order valence-electron chi connectivity index (χ4n) is 2.07. The number of nitrogen functional groups attached to an aromatic ring is 1. The summed E-state index contributed by atoms with van der Waals surface area (Å²) in [5, 5.41) is 11.7. The fourth-order valence-corrected chi connectivity index (χ4v) is 2.07. The summed E-state index contributed by atoms with van der Waals surface area (Å²) in [6.07, 6.45) is 0.499. The Labute approximate surface area is 119 Å². The van der Waals surface area contributed by atoms with Gasteiger partial charge >= 0.3 is 5.97 Å². The molecule has 1 atom stereocenters. The molecule has 0 saturated carbocycles. The Morgan fingerprint density at radius 1 is 1.35 bits per heavy atom. The van der Waals surface area contributed by atoms with E-state index in [1.165, 1.54) is 0 Å². The molecule has 0 bridgehead atoms. The van der Waals surface area contributed by atoms with Crippen molar-refractivity contribution in [2.24, 2.45) is 5.41 Å². The van der Waals surface area contributed by atoms with Crippen molar-refractivity contribution in [3.8, 4) is 0 Å². The number of carbonyl (C=O) groups excluding carboxylic acids is 1. The molecule has 20 heavy (non-hydrogen) atoms. The van der Waals surface area contributed by atoms with Crippen LogP contribution in [0, 0.1) is 5.41 Å². The summed E-state index contributed by atoms with van der Waals surface area (Å²) < 4.78 is 0. The molecule has 1 rings (SSSR count). The van der Waals surface area contributed by atoms with Crippen LogP contribution >= 0.6 is 0 Å². The Morgan fingerprint density at radius 3 is 2.50 bits per heavy atom. The quantitative estimate of drug-likeness (QED) is 0.720. The maximum Gasteiger partial charge on any atom is 0.305 e. The predicted molar refractivity (Wildman–Crippen MR) is 78.4 cm³/mol. The van der Waals surface area contributed by atoms with Gasteiger partial charge in [0, 0.05) is 17.3 Å². The third-order valence-electron chi connectivity index (χ3n) is 2.76. The average molecular weight is 278 g/mol. The minimum atomic E-state index is -0.924. The number of nitrogens with one attached hydrogen (secondary N) is 1. The second-order valence-electron chi connectivity index (χ2n) is 6.16. The number of amides is 1. The van der Waals surface area contributed by atoms with Gasteiger partial charge in [-0.25, -0.2) is 0 Å². The normalized spacial score (nSPS) is 12.8. The van der Waals surface area contributed by atoms with Gasteiger partial charge in [0.25, 0.3) is 5.91 Å². The molecule has 0 fully saturated rings. The van der Waals surface area contributed by atoms with Crippen LogP contribution in [0.3, 0.4) is 0 Å². The third kappa shape index (κ3) is 5.73. The number of carbonyl (C=O) groups is 2. The molecule has 1 unspecified atom stereocenters. The van der Waals surface area contributed by atoms with E-state index >= 15 is 0 Å². The maximum atomic E-state index is 12.1. The van der Waals surface area contributed by atoms with Crippen molar-refractivity contribution in [3.63, 3.8) is 0 Å². The number of hydrogen-bond acceptors (Lipinski definition) is 3. The van der Waals surface area contributed by atoms with Gasteiger partial charge in [-0.3, -0.25) is 9.59 Å². The molecule has 0 aliphatic rings. The molecule has 110 valence electrons. The fraction of sp³-hybridized carbons (Fsp3) is 0.467. The van der Waals surface area contributed by atoms with E-state index < -0.39 is 12.0 Å². The molecule has 0 aliphatic carbocycles. The number of carboxylic acids is 1. The molecule has 0 aromatic heterocycles. The smallest absolute Gasteiger partial charge is 0.305 e. The van der Waals surface area contributed by atoms with Crippen molar-refractivity contribution in [1.82, 2.24) is 5.32 Å². The van der Waals surface area contributed by atoms with E-state index in [2.05, 4.69) is 5.32 Å². The summed E-state index contributed by atoms with van der Waals surface area (Å²) >= 11 is 0. The van der Waals surface area contributed by atoms with Gasteiger partial charge < -0.3 is 16.2 Å². The Hall–Kier alpha value is -2.04. The van der Waals surface area contributed by atoms with Crippen molar-refractivity contribution in [2.45, 2.75) is 39.7 Å². The molecule has 0 radical (unpaired) electrons. The van der Waals surface area contributed by atoms with Gasteiger partial charge in [-0.1, -0.05) is 26.8 Å². The van der Waals surface area contributed by atoms with Gasteiger partial charge in [-0.2, -0.15) is 0 Å². The van der Waals surface area contributed by atoms with Crippen LogP contribution in [0.25, 0.3) is 0 Å². The van der Waals surface area contributed by atoms with Crippen LogP contribution < -0.4 is 11.1 Å². The highest BCUT2D eigenvalue weighted by Crippen LogP contribution is 2.22. The number of anilines is 1. The maximum absolute atomic E-state index is 12.1. The topological polar surface area (TPSA) is 92.4 Å². The van der Waals surface area contributed by atoms with E-state index in [4.69, 9.17) is 10.8 Å². The van der Waals surface area contributed by atoms with Crippen molar-refractivity contribution < 1.29 is 14.7 Å². The van der Waals surface area contributed by atoms with E-state index in [0.29, 0.717) is 17.7 Å². The van der Waals surface area contributed by atoms with Crippen LogP contribution in [0.4, 0.5) is 5.69 Å². The van der Waals surface area contributed by atoms with Gasteiger partial charge in [0.15, 0.2) is 0 Å². The first-order valence-electron chi connectivity index (χ1n) is 6.55. The van der Waals surface area contributed by atoms with Gasteiger partial charge in [0.2, 0.25) is 0 Å². The number of carboxylic acid groups (broad SMARTS) is 1. The lowest BCUT2D eigenvalue weighted by Gasteiger charge is -2.25. The Balaban J connectivity index is 2.78. The minimum Gasteiger partial charge on any atom is -0.481 e. The number of benzene rings is 1. The van der Waals surface area contributed by atoms with Gasteiger partial charge in [-0.15, -0.1) is 0 Å². The van der Waals surface area contributed by atoms with Crippen LogP contribution in [0.15, 0.2) is 24.3 Å². The largest absolute Gasteiger partial charge is 0.481 e. The predicted octanol–water partition coefficient (Wildman–Crippen LogP) is 2.28. The van der Waals surface area contributed by atoms with Crippen molar-refractivity contribution >= 4 is 17.6 Å². The van der Waals surface area contributed by atoms with Crippen LogP contribution in [0.2, 0.25) is 0 Å². The molecule has 5 heteroatoms. The van der Waals surface area contributed by atoms with Gasteiger partial charge in [0.1, 0.15) is 0 Å². The first-order chi connectivity index (χ1) is 9.17. The third-order valence-corrected chi connectivity index (χ3v) is 2.76. The van der Waals surface area contributed by atoms with Crippen molar-refractivity contribution in [2.75, 3.05) is 5.73 Å². The zero-order valence-corrected chi connectivity index (χ0v) is 12.1. The lowest BCUT2D eigenvalue weighted by atomic mass is 9.87. The summed E-state index contributed by atoms with van der Waals surface area (Å²) in [6, 6.07) is 6.22. The summed E-state index contributed by atoms with van der Waals surface area (Å²) in [5.41, 5.74) is 6.51. The number of rotatable bonds is 5. The zero-order valence-electron chi connectivity index (χ0n) is 12.1. The highest BCUT2D eigenvalue weighted by Gasteiger charge is 2.23. The first-order valence-corrected chi connectivity index (χ1v) is 6.55. The molecule has 5 nitrogen and oxygen atoms in total. The highest BCUT2D eigenvalue weighted by atomic mass is 16.4. The van der Waals surface area contributed by atoms with Gasteiger partial charge in [-0.05, 0) is 30.0 Å². The second kappa shape index (κ2) is 6.41. The molecule has 1 amide bonds. The molecule has 0 aliphatic heterocycles. The standard InChI is InChI=1S/C15H22N2O3/c1-15(2,3)9-12(8-13(18)19)17-14(20)10-5-4-6-11(16)7-10/h4-7,12H,8-9,16H2,1-3H3,(H,17,20)(H,18,19). The molecule has 1 aromatic rings. The molecule has 0 heterocycles. The lowest BCUT2D eigenvalue weighted by Crippen LogP contribution is -2.39. The molecular weight excluding hydrogens is 256 g/mol. The Morgan fingerprint density at radius 2 is 2.00 bits per heavy atom. The summed E-state index contributed by atoms with van der Waals surface area (Å²) in [6.45, 7) is 6.03. The van der Waals surface area contributed by atoms with Crippen LogP contribution in [0.5, 0.6) is 0 Å². The Kier molecular flexibility index (Phi) is 5.13. The molecule has 0 spiro atoms. The zero-order chi connectivity index (χ0) is 15.3. The summed E-state index contributed by atoms with van der Waals surface area (Å²) in [7, 11) is 0. The van der Waals surface area contributed by atoms with E-state index in [9.17, 15) is 9.59 Å². The number of nitrogens with two attached hydrogens (primary N) is 1. The average Bonchev–Trinajstić information content (AvgIpc) is 2.25. The van der Waals surface area contributed by atoms with E-state index in [-0.39, 0.29) is 17.7 Å². The van der Waals surface area contributed by atoms with Crippen molar-refractivity contribution in [3.05, 3.63) is 29.8 Å². The second-order valence-corrected chi connectivity index (χ2v) is 6.16. The molecule has 1 aromatic carbocycles. The highest BCUT2D eigenvalue weighted by molar-refractivity contribution is 5.95. The first kappa shape index (κ1) is 16.0. The number of aliphatic carboxylic acids is 1. The molecule has 0 saturated heterocycles. The van der Waals surface area contributed by atoms with Crippen LogP contribution in [0.1, 0.15) is 44.0 Å². The van der Waals surface area contributed by atoms with E-state index in [0.717, 1.165) is 0 Å². The summed E-state index contributed by atoms with van der Waals surface area (Å²) in [5.74, 6) is -1.22. The van der Waals surface area contributed by atoms with Crippen LogP contribution in [-0.2, 0) is 4.79 Å². The van der Waals surface area contributed by atoms with E-state index in [1.807, 2.05) is 20.8 Å². The number of hydrogen-bond donors (Lipinski definition) is 3. The molecule has 4 N–H and O–H groups in total. The SMILES string of the molecule is CC(C)(C)CC(CC(=O)O)NC(=O)c1cccc(N)c1. The van der Waals surface area contributed by atoms with Crippen molar-refractivity contribution in [1.29, 1.82) is 0 Å². The van der Waals surface area contributed by atoms with Gasteiger partial charge in [0.05, 0.1) is 6.42 Å². The van der Waals surface area contributed by atoms with Crippen LogP contribution in [-0.4, -0.2) is 23.0 Å². The Bertz CT molecular complexity index is 492. The minimum absolute atomic E-state index is 0.0664. The molecular formula is C15H22N2O3. The summed E-state index contributed by atoms with van der Waals surface area (Å²) in [4.78, 5) is 23.0. The lowest BCUT2D eigenvalue weighted by molar-refractivity contribution is -0.137. The monoisotopic (exact) mass is 278 g/mol. The van der Waals surface area contributed by atoms with E-state index in [1.54, 1.807) is 24.3 Å².